The lowest BCUT2D eigenvalue weighted by atomic mass is 9.93. The number of amides is 5. The number of nitrogens with one attached hydrogen (secondary N) is 3. The molecule has 0 aromatic heterocycles. The van der Waals surface area contributed by atoms with Crippen LogP contribution in [0.4, 0.5) is 14.4 Å². The highest BCUT2D eigenvalue weighted by Gasteiger charge is 2.42. The summed E-state index contributed by atoms with van der Waals surface area (Å²) in [5, 5.41) is 7.80. The first-order valence-corrected chi connectivity index (χ1v) is 36.9. The highest BCUT2D eigenvalue weighted by atomic mass is 35.5. The number of hydrogen-bond donors (Lipinski definition) is 5. The van der Waals surface area contributed by atoms with Gasteiger partial charge in [-0.25, -0.2) is 28.8 Å². The summed E-state index contributed by atoms with van der Waals surface area (Å²) in [5.74, 6) is 5.22. The smallest absolute Gasteiger partial charge is 0.407 e. The number of fused-ring (bicyclic) bond motifs is 1. The summed E-state index contributed by atoms with van der Waals surface area (Å²) in [5.41, 5.74) is 12.0. The lowest BCUT2D eigenvalue weighted by Crippen LogP contribution is -3.00. The highest BCUT2D eigenvalue weighted by Crippen LogP contribution is 2.45. The predicted octanol–water partition coefficient (Wildman–Crippen LogP) is 17.3. The fourth-order valence-corrected chi connectivity index (χ4v) is 15.7. The number of alkyl carbamates (subject to hydrolysis) is 3. The molecule has 0 spiro atoms. The Morgan fingerprint density at radius 3 is 0.940 bits per heavy atom. The van der Waals surface area contributed by atoms with Gasteiger partial charge in [0.15, 0.2) is 0 Å². The van der Waals surface area contributed by atoms with E-state index in [1.807, 2.05) is 24.3 Å². The number of carbonyl (C=O) groups is 8. The van der Waals surface area contributed by atoms with Crippen molar-refractivity contribution < 1.29 is 84.9 Å². The third kappa shape index (κ3) is 38.4. The van der Waals surface area contributed by atoms with E-state index in [1.54, 1.807) is 45.0 Å². The molecule has 21 heteroatoms. The molecule has 8 N–H and O–H groups in total. The normalized spacial score (nSPS) is 25.7. The third-order valence-corrected chi connectivity index (χ3v) is 21.6. The molecular weight excluding hydrogens is 1480 g/mol. The van der Waals surface area contributed by atoms with E-state index in [9.17, 15) is 38.4 Å². The van der Waals surface area contributed by atoms with Crippen LogP contribution >= 0.6 is 0 Å². The number of carbonyl (C=O) groups excluding carboxylic acids is 8. The van der Waals surface area contributed by atoms with Crippen LogP contribution in [-0.4, -0.2) is 132 Å². The van der Waals surface area contributed by atoms with Gasteiger partial charge in [0, 0.05) is 46.9 Å². The molecule has 6 saturated carbocycles. The van der Waals surface area contributed by atoms with Gasteiger partial charge in [0.25, 0.3) is 11.8 Å². The Bertz CT molecular complexity index is 3120. The maximum Gasteiger partial charge on any atom is 0.407 e. The number of nitrogens with zero attached hydrogens (tertiary/aromatic N) is 1. The van der Waals surface area contributed by atoms with E-state index in [2.05, 4.69) is 130 Å². The quantitative estimate of drug-likeness (QED) is 0.0107. The van der Waals surface area contributed by atoms with Gasteiger partial charge >= 0.3 is 36.2 Å². The zero-order valence-electron chi connectivity index (χ0n) is 61.8. The van der Waals surface area contributed by atoms with Crippen molar-refractivity contribution in [1.29, 1.82) is 0 Å². The van der Waals surface area contributed by atoms with Crippen molar-refractivity contribution in [2.75, 3.05) is 78.9 Å². The Labute approximate surface area is 712 Å². The van der Waals surface area contributed by atoms with Crippen molar-refractivity contribution >= 4 is 48.0 Å². The lowest BCUT2D eigenvalue weighted by molar-refractivity contribution is -0.380. The molecule has 1 aromatic carbocycles. The number of halogens is 1. The highest BCUT2D eigenvalue weighted by molar-refractivity contribution is 6.21. The van der Waals surface area contributed by atoms with Crippen LogP contribution in [0.1, 0.15) is 208 Å². The van der Waals surface area contributed by atoms with E-state index in [0.29, 0.717) is 119 Å². The molecule has 8 rings (SSSR count). The first-order chi connectivity index (χ1) is 49.5. The van der Waals surface area contributed by atoms with Crippen molar-refractivity contribution in [3.63, 3.8) is 0 Å². The van der Waals surface area contributed by atoms with Gasteiger partial charge in [0.2, 0.25) is 0 Å². The number of hydrogen-bond acceptors (Lipinski definition) is 15. The molecule has 1 aliphatic heterocycles. The number of ether oxygens (including phenoxy) is 6. The van der Waals surface area contributed by atoms with Crippen LogP contribution in [0.5, 0.6) is 0 Å². The van der Waals surface area contributed by atoms with Crippen LogP contribution < -0.4 is 39.8 Å². The first kappa shape index (κ1) is 123. The third-order valence-electron chi connectivity index (χ3n) is 21.6. The maximum atomic E-state index is 13.0. The summed E-state index contributed by atoms with van der Waals surface area (Å²) < 4.78 is 31.1. The van der Waals surface area contributed by atoms with Crippen molar-refractivity contribution in [1.82, 2.24) is 20.9 Å². The first-order valence-electron chi connectivity index (χ1n) is 36.9. The molecule has 18 atom stereocenters. The number of esters is 3. The van der Waals surface area contributed by atoms with Crippen LogP contribution in [-0.2, 0) is 42.8 Å². The standard InChI is InChI=1S/C33H40N2O6.2C25H38N2O4.12CH4.ClH/c1-5-22-15-25(26(16-22)19-35-30(36)28-9-7-8-10-29(28)31(35)37)12-11-23-17-24(6-2)27(18-23)20-41-33(39)34-13-14-40-32(38)21(3)4;2*1-5-18-11-21(22(12-18)15-26)8-7-19-13-20(6-2)23(14-19)16-31-25(29)27-9-10-30-24(28)17(3)4;;;;;;;;;;;;;/h5-12,22-27H,1-3,13-20H2,4H3,(H,34,39);2*5-8,18-23H,1-3,9-16,26H2,4H3,(H,27,29);12*1H4;1H/b12-11-;2*8-7-;;;;;;;;;;;;;. The van der Waals surface area contributed by atoms with E-state index >= 15 is 0 Å². The van der Waals surface area contributed by atoms with E-state index in [-0.39, 0.29) is 195 Å². The second kappa shape index (κ2) is 63.8. The van der Waals surface area contributed by atoms with Crippen molar-refractivity contribution in [2.45, 2.75) is 187 Å². The van der Waals surface area contributed by atoms with E-state index < -0.39 is 36.2 Å². The molecule has 666 valence electrons. The fraction of sp³-hybridized carbons (Fsp3) is 0.600. The molecule has 7 aliphatic rings. The van der Waals surface area contributed by atoms with E-state index in [1.165, 1.54) is 17.7 Å². The second-order valence-electron chi connectivity index (χ2n) is 29.1. The molecule has 1 heterocycles. The number of allylic oxidation sites excluding steroid dienone is 12. The molecule has 1 aromatic rings. The monoisotopic (exact) mass is 1650 g/mol. The Morgan fingerprint density at radius 1 is 0.397 bits per heavy atom. The average molecular weight is 1650 g/mol. The number of rotatable bonds is 34. The van der Waals surface area contributed by atoms with Gasteiger partial charge in [-0.1, -0.05) is 194 Å². The molecule has 0 bridgehead atoms. The number of benzene rings is 1. The fourth-order valence-electron chi connectivity index (χ4n) is 15.7. The summed E-state index contributed by atoms with van der Waals surface area (Å²) in [7, 11) is 0. The predicted molar refractivity (Wildman–Crippen MR) is 482 cm³/mol. The minimum Gasteiger partial charge on any atom is -1.00 e. The molecule has 0 radical (unpaired) electrons. The average Bonchev–Trinajstić information content (AvgIpc) is 1.63. The lowest BCUT2D eigenvalue weighted by Gasteiger charge is -2.22. The van der Waals surface area contributed by atoms with Crippen molar-refractivity contribution in [3.8, 4) is 0 Å². The summed E-state index contributed by atoms with van der Waals surface area (Å²) in [6.07, 6.45) is 36.8. The van der Waals surface area contributed by atoms with Gasteiger partial charge in [-0.2, -0.15) is 0 Å². The largest absolute Gasteiger partial charge is 1.00 e. The zero-order chi connectivity index (χ0) is 75.1. The van der Waals surface area contributed by atoms with Gasteiger partial charge < -0.3 is 68.2 Å². The molecule has 5 amide bonds. The van der Waals surface area contributed by atoms with Crippen LogP contribution in [0, 0.1) is 107 Å². The Kier molecular flexibility index (Phi) is 67.8. The summed E-state index contributed by atoms with van der Waals surface area (Å²) in [4.78, 5) is 97.3. The van der Waals surface area contributed by atoms with Gasteiger partial charge in [-0.3, -0.25) is 14.5 Å². The molecular formula is C95H165ClN6O14. The molecule has 6 aliphatic carbocycles. The van der Waals surface area contributed by atoms with Crippen molar-refractivity contribution in [2.24, 2.45) is 112 Å². The van der Waals surface area contributed by atoms with Crippen LogP contribution in [0.15, 0.2) is 173 Å². The molecule has 0 saturated heterocycles. The van der Waals surface area contributed by atoms with E-state index in [4.69, 9.17) is 34.2 Å². The number of imide groups is 1. The van der Waals surface area contributed by atoms with E-state index in [0.717, 1.165) is 77.3 Å². The minimum absolute atomic E-state index is 0. The number of quaternary nitrogens is 1. The zero-order valence-corrected chi connectivity index (χ0v) is 62.5. The van der Waals surface area contributed by atoms with Crippen molar-refractivity contribution in [3.05, 3.63) is 184 Å². The van der Waals surface area contributed by atoms with Gasteiger partial charge in [-0.05, 0) is 199 Å². The summed E-state index contributed by atoms with van der Waals surface area (Å²) in [6, 6.07) is 7.01. The Hall–Kier alpha value is -8.33. The maximum absolute atomic E-state index is 13.0. The summed E-state index contributed by atoms with van der Waals surface area (Å²) >= 11 is 0. The van der Waals surface area contributed by atoms with Gasteiger partial charge in [-0.15, -0.1) is 39.5 Å². The minimum atomic E-state index is -0.546. The Morgan fingerprint density at radius 2 is 0.664 bits per heavy atom. The SMILES string of the molecule is C.C.C.C.C.C.C.C.C.C.C.C.C=CC1CC(/C=C\C2CC(C=C)C(COC(=O)NCCOC(=O)C(=C)C)C2)C(CN)C1.C=CC1CC(/C=C\C2CC(C=C)C(COC(=O)NCCOC(=O)C(=C)C)C2)C(CN2C(=O)c3ccccc3C2=O)C1.C=CC1CC(/C=C\C2CC(C=C)C(COC(=O)NCCOC(=O)C(=C)C)C2)C(C[NH3+])C1.[Cl-]. The van der Waals surface area contributed by atoms with Crippen LogP contribution in [0.2, 0.25) is 0 Å². The molecule has 116 heavy (non-hydrogen) atoms. The van der Waals surface area contributed by atoms with Crippen LogP contribution in [0.25, 0.3) is 0 Å². The van der Waals surface area contributed by atoms with Gasteiger partial charge in [0.05, 0.1) is 57.1 Å². The molecule has 20 nitrogen and oxygen atoms in total. The molecule has 6 fully saturated rings. The molecule has 18 unspecified atom stereocenters. The summed E-state index contributed by atoms with van der Waals surface area (Å²) in [6.45, 7) is 43.0. The second-order valence-corrected chi connectivity index (χ2v) is 29.1. The Balaban J connectivity index is -0.000000241. The number of nitrogens with two attached hydrogens (primary N) is 1. The van der Waals surface area contributed by atoms with Crippen LogP contribution in [0.3, 0.4) is 0 Å². The topological polar surface area (TPSA) is 285 Å². The van der Waals surface area contributed by atoms with Gasteiger partial charge in [0.1, 0.15) is 19.8 Å².